The molecule has 0 heterocycles. The number of ketones is 1. The van der Waals surface area contributed by atoms with Gasteiger partial charge in [-0.15, -0.1) is 0 Å². The van der Waals surface area contributed by atoms with Gasteiger partial charge in [0.25, 0.3) is 5.91 Å². The lowest BCUT2D eigenvalue weighted by Crippen LogP contribution is -2.30. The molecule has 0 aliphatic heterocycles. The molecule has 0 unspecified atom stereocenters. The number of halogens is 4. The number of carbonyl (C=O) groups excluding carboxylic acids is 3. The van der Waals surface area contributed by atoms with Crippen LogP contribution in [0.3, 0.4) is 0 Å². The highest BCUT2D eigenvalue weighted by atomic mass is 35.5. The van der Waals surface area contributed by atoms with Gasteiger partial charge in [0, 0.05) is 11.1 Å². The minimum Gasteiger partial charge on any atom is -0.449 e. The lowest BCUT2D eigenvalue weighted by Gasteiger charge is -2.16. The van der Waals surface area contributed by atoms with E-state index in [4.69, 9.17) is 16.3 Å². The second-order valence-electron chi connectivity index (χ2n) is 6.97. The van der Waals surface area contributed by atoms with Crippen molar-refractivity contribution in [1.82, 2.24) is 0 Å². The van der Waals surface area contributed by atoms with Gasteiger partial charge in [0.05, 0.1) is 21.8 Å². The van der Waals surface area contributed by atoms with Gasteiger partial charge in [-0.2, -0.15) is 13.2 Å². The fraction of sp³-hybridized carbons (Fsp3) is 0.125. The number of nitrogens with one attached hydrogen (secondary N) is 1. The monoisotopic (exact) mass is 475 g/mol. The number of alkyl halides is 3. The van der Waals surface area contributed by atoms with Crippen LogP contribution in [0.2, 0.25) is 5.02 Å². The number of hydrogen-bond acceptors (Lipinski definition) is 4. The zero-order valence-corrected chi connectivity index (χ0v) is 17.9. The van der Waals surface area contributed by atoms with Gasteiger partial charge in [0.2, 0.25) is 0 Å². The van der Waals surface area contributed by atoms with E-state index in [9.17, 15) is 27.6 Å². The highest BCUT2D eigenvalue weighted by Gasteiger charge is 2.31. The summed E-state index contributed by atoms with van der Waals surface area (Å²) in [5, 5.41) is 2.11. The maximum Gasteiger partial charge on any atom is 0.416 e. The molecule has 170 valence electrons. The summed E-state index contributed by atoms with van der Waals surface area (Å²) in [6, 6.07) is 16.7. The fourth-order valence-electron chi connectivity index (χ4n) is 2.91. The summed E-state index contributed by atoms with van der Waals surface area (Å²) in [4.78, 5) is 37.9. The van der Waals surface area contributed by atoms with Gasteiger partial charge >= 0.3 is 12.1 Å². The van der Waals surface area contributed by atoms with Crippen molar-refractivity contribution in [3.8, 4) is 0 Å². The quantitative estimate of drug-likeness (QED) is 0.362. The minimum atomic E-state index is -4.63. The highest BCUT2D eigenvalue weighted by Crippen LogP contribution is 2.34. The van der Waals surface area contributed by atoms with Crippen molar-refractivity contribution in [2.75, 3.05) is 5.32 Å². The molecule has 1 atom stereocenters. The molecule has 3 aromatic rings. The summed E-state index contributed by atoms with van der Waals surface area (Å²) >= 11 is 5.88. The Morgan fingerprint density at radius 3 is 2.15 bits per heavy atom. The molecule has 0 aromatic heterocycles. The number of amides is 1. The zero-order chi connectivity index (χ0) is 24.2. The van der Waals surface area contributed by atoms with Crippen molar-refractivity contribution in [2.24, 2.45) is 0 Å². The van der Waals surface area contributed by atoms with E-state index in [1.165, 1.54) is 25.1 Å². The van der Waals surface area contributed by atoms with E-state index in [0.717, 1.165) is 12.1 Å². The zero-order valence-electron chi connectivity index (χ0n) is 17.2. The Balaban J connectivity index is 1.76. The van der Waals surface area contributed by atoms with E-state index in [2.05, 4.69) is 5.32 Å². The highest BCUT2D eigenvalue weighted by molar-refractivity contribution is 6.33. The number of ether oxygens (including phenoxy) is 1. The molecule has 0 aliphatic rings. The largest absolute Gasteiger partial charge is 0.449 e. The third kappa shape index (κ3) is 5.78. The van der Waals surface area contributed by atoms with Crippen LogP contribution in [0.4, 0.5) is 18.9 Å². The average Bonchev–Trinajstić information content (AvgIpc) is 2.79. The van der Waals surface area contributed by atoms with Gasteiger partial charge in [-0.3, -0.25) is 9.59 Å². The van der Waals surface area contributed by atoms with E-state index in [0.29, 0.717) is 11.6 Å². The van der Waals surface area contributed by atoms with Crippen LogP contribution >= 0.6 is 11.6 Å². The number of esters is 1. The minimum absolute atomic E-state index is 0.0527. The van der Waals surface area contributed by atoms with Gasteiger partial charge < -0.3 is 10.1 Å². The van der Waals surface area contributed by atoms with Crippen LogP contribution in [0.15, 0.2) is 72.8 Å². The number of rotatable bonds is 6. The van der Waals surface area contributed by atoms with Crippen LogP contribution in [0.5, 0.6) is 0 Å². The molecular formula is C24H17ClF3NO4. The normalized spacial score (nSPS) is 12.0. The molecule has 3 rings (SSSR count). The second-order valence-corrected chi connectivity index (χ2v) is 7.38. The molecule has 0 radical (unpaired) electrons. The molecule has 0 saturated carbocycles. The summed E-state index contributed by atoms with van der Waals surface area (Å²) in [7, 11) is 0. The first-order valence-electron chi connectivity index (χ1n) is 9.65. The predicted molar refractivity (Wildman–Crippen MR) is 116 cm³/mol. The molecule has 1 amide bonds. The molecule has 0 spiro atoms. The van der Waals surface area contributed by atoms with E-state index in [1.54, 1.807) is 36.4 Å². The van der Waals surface area contributed by atoms with Crippen LogP contribution in [-0.4, -0.2) is 23.8 Å². The molecule has 0 saturated heterocycles. The summed E-state index contributed by atoms with van der Waals surface area (Å²) in [6.07, 6.45) is -6.01. The van der Waals surface area contributed by atoms with Crippen molar-refractivity contribution in [1.29, 1.82) is 0 Å². The van der Waals surface area contributed by atoms with Crippen LogP contribution in [0.25, 0.3) is 0 Å². The van der Waals surface area contributed by atoms with Crippen LogP contribution in [-0.2, 0) is 15.7 Å². The SMILES string of the molecule is C[C@@H](OC(=O)c1ccccc1C(=O)c1ccccc1)C(=O)Nc1cc(C(F)(F)F)ccc1Cl. The molecular weight excluding hydrogens is 459 g/mol. The summed E-state index contributed by atoms with van der Waals surface area (Å²) in [6.45, 7) is 1.25. The molecule has 9 heteroatoms. The van der Waals surface area contributed by atoms with Gasteiger partial charge in [0.1, 0.15) is 0 Å². The Bertz CT molecular complexity index is 1200. The summed E-state index contributed by atoms with van der Waals surface area (Å²) in [5.74, 6) is -2.24. The molecule has 3 aromatic carbocycles. The Labute approximate surface area is 192 Å². The van der Waals surface area contributed by atoms with Crippen molar-refractivity contribution < 1.29 is 32.3 Å². The smallest absolute Gasteiger partial charge is 0.416 e. The van der Waals surface area contributed by atoms with Crippen molar-refractivity contribution in [3.05, 3.63) is 100 Å². The molecule has 0 bridgehead atoms. The molecule has 1 N–H and O–H groups in total. The second kappa shape index (κ2) is 9.87. The molecule has 33 heavy (non-hydrogen) atoms. The topological polar surface area (TPSA) is 72.5 Å². The van der Waals surface area contributed by atoms with Gasteiger partial charge in [-0.05, 0) is 31.2 Å². The Morgan fingerprint density at radius 2 is 1.52 bits per heavy atom. The first-order chi connectivity index (χ1) is 15.6. The number of carbonyl (C=O) groups is 3. The maximum atomic E-state index is 12.9. The Kier molecular flexibility index (Phi) is 7.18. The lowest BCUT2D eigenvalue weighted by molar-refractivity contribution is -0.137. The van der Waals surface area contributed by atoms with Crippen LogP contribution < -0.4 is 5.32 Å². The summed E-state index contributed by atoms with van der Waals surface area (Å²) < 4.78 is 44.0. The van der Waals surface area contributed by atoms with E-state index < -0.39 is 35.5 Å². The molecule has 5 nitrogen and oxygen atoms in total. The first kappa shape index (κ1) is 24.0. The Hall–Kier alpha value is -3.65. The third-order valence-corrected chi connectivity index (χ3v) is 4.96. The van der Waals surface area contributed by atoms with Gasteiger partial charge in [-0.1, -0.05) is 60.1 Å². The number of hydrogen-bond donors (Lipinski definition) is 1. The van der Waals surface area contributed by atoms with E-state index in [-0.39, 0.29) is 21.8 Å². The molecule has 0 aliphatic carbocycles. The fourth-order valence-corrected chi connectivity index (χ4v) is 3.08. The number of benzene rings is 3. The first-order valence-corrected chi connectivity index (χ1v) is 10.0. The Morgan fingerprint density at radius 1 is 0.909 bits per heavy atom. The van der Waals surface area contributed by atoms with Gasteiger partial charge in [0.15, 0.2) is 11.9 Å². The van der Waals surface area contributed by atoms with E-state index in [1.807, 2.05) is 0 Å². The average molecular weight is 476 g/mol. The van der Waals surface area contributed by atoms with Crippen LogP contribution in [0, 0.1) is 0 Å². The third-order valence-electron chi connectivity index (χ3n) is 4.63. The van der Waals surface area contributed by atoms with Crippen LogP contribution in [0.1, 0.15) is 38.8 Å². The van der Waals surface area contributed by atoms with Crippen molar-refractivity contribution >= 4 is 34.9 Å². The predicted octanol–water partition coefficient (Wildman–Crippen LogP) is 5.77. The van der Waals surface area contributed by atoms with Crippen molar-refractivity contribution in [2.45, 2.75) is 19.2 Å². The summed E-state index contributed by atoms with van der Waals surface area (Å²) in [5.41, 5.74) is -0.882. The maximum absolute atomic E-state index is 12.9. The molecule has 0 fully saturated rings. The van der Waals surface area contributed by atoms with E-state index >= 15 is 0 Å². The lowest BCUT2D eigenvalue weighted by atomic mass is 9.98. The standard InChI is InChI=1S/C24H17ClF3NO4/c1-14(22(31)29-20-13-16(24(26,27)28)11-12-19(20)25)33-23(32)18-10-6-5-9-17(18)21(30)15-7-3-2-4-8-15/h2-14H,1H3,(H,29,31)/t14-/m1/s1. The number of anilines is 1. The van der Waals surface area contributed by atoms with Gasteiger partial charge in [-0.25, -0.2) is 4.79 Å². The van der Waals surface area contributed by atoms with Crippen molar-refractivity contribution in [3.63, 3.8) is 0 Å².